The van der Waals surface area contributed by atoms with E-state index >= 15 is 0 Å². The van der Waals surface area contributed by atoms with E-state index in [0.717, 1.165) is 17.8 Å². The van der Waals surface area contributed by atoms with Crippen LogP contribution < -0.4 is 5.73 Å². The van der Waals surface area contributed by atoms with Gasteiger partial charge in [-0.2, -0.15) is 0 Å². The lowest BCUT2D eigenvalue weighted by molar-refractivity contribution is 0.175. The highest BCUT2D eigenvalue weighted by atomic mass is 15.1. The number of likely N-dealkylation sites (N-methyl/N-ethyl adjacent to an activating group) is 1. The van der Waals surface area contributed by atoms with Crippen LogP contribution in [0, 0.1) is 31.6 Å². The molecule has 3 rings (SSSR count). The fraction of sp³-hybridized carbons (Fsp3) is 0.684. The third-order valence-electron chi connectivity index (χ3n) is 6.17. The van der Waals surface area contributed by atoms with Gasteiger partial charge in [0.05, 0.1) is 0 Å². The molecule has 4 unspecified atom stereocenters. The van der Waals surface area contributed by atoms with E-state index in [1.807, 2.05) is 0 Å². The minimum absolute atomic E-state index is 0.365. The molecule has 2 bridgehead atoms. The Bertz CT molecular complexity index is 496. The molecule has 0 aromatic heterocycles. The fourth-order valence-electron chi connectivity index (χ4n) is 4.78. The van der Waals surface area contributed by atoms with Crippen LogP contribution in [0.2, 0.25) is 0 Å². The van der Waals surface area contributed by atoms with Gasteiger partial charge in [0.15, 0.2) is 0 Å². The van der Waals surface area contributed by atoms with E-state index < -0.39 is 0 Å². The molecule has 21 heavy (non-hydrogen) atoms. The third-order valence-corrected chi connectivity index (χ3v) is 6.17. The van der Waals surface area contributed by atoms with E-state index in [1.165, 1.54) is 48.9 Å². The zero-order chi connectivity index (χ0) is 15.0. The van der Waals surface area contributed by atoms with E-state index in [9.17, 15) is 0 Å². The van der Waals surface area contributed by atoms with Crippen molar-refractivity contribution in [3.63, 3.8) is 0 Å². The number of rotatable bonds is 5. The highest BCUT2D eigenvalue weighted by molar-refractivity contribution is 5.35. The zero-order valence-electron chi connectivity index (χ0n) is 13.8. The molecular formula is C19H30N2. The zero-order valence-corrected chi connectivity index (χ0v) is 13.8. The quantitative estimate of drug-likeness (QED) is 0.895. The van der Waals surface area contributed by atoms with Crippen LogP contribution in [-0.2, 0) is 0 Å². The molecule has 0 saturated heterocycles. The molecular weight excluding hydrogens is 256 g/mol. The summed E-state index contributed by atoms with van der Waals surface area (Å²) in [7, 11) is 2.27. The fourth-order valence-corrected chi connectivity index (χ4v) is 4.78. The molecule has 0 radical (unpaired) electrons. The van der Waals surface area contributed by atoms with Crippen LogP contribution in [0.1, 0.15) is 48.4 Å². The van der Waals surface area contributed by atoms with Gasteiger partial charge in [-0.05, 0) is 74.6 Å². The number of hydrogen-bond donors (Lipinski definition) is 1. The number of nitrogens with two attached hydrogens (primary N) is 1. The molecule has 2 fully saturated rings. The average Bonchev–Trinajstić information content (AvgIpc) is 3.06. The molecule has 1 aromatic carbocycles. The Balaban J connectivity index is 1.72. The largest absolute Gasteiger partial charge is 0.329 e. The van der Waals surface area contributed by atoms with Gasteiger partial charge in [0.1, 0.15) is 0 Å². The Hall–Kier alpha value is -0.860. The van der Waals surface area contributed by atoms with Gasteiger partial charge in [-0.15, -0.1) is 0 Å². The minimum Gasteiger partial charge on any atom is -0.329 e. The lowest BCUT2D eigenvalue weighted by Gasteiger charge is -2.33. The second-order valence-electron chi connectivity index (χ2n) is 7.42. The van der Waals surface area contributed by atoms with Crippen molar-refractivity contribution in [2.75, 3.05) is 20.1 Å². The summed E-state index contributed by atoms with van der Waals surface area (Å²) in [4.78, 5) is 2.52. The predicted molar refractivity (Wildman–Crippen MR) is 89.3 cm³/mol. The topological polar surface area (TPSA) is 29.3 Å². The van der Waals surface area contributed by atoms with Gasteiger partial charge >= 0.3 is 0 Å². The SMILES string of the molecule is Cc1cccc(C(CN)N(C)CC2CC3CCC2C3)c1C. The Morgan fingerprint density at radius 1 is 1.24 bits per heavy atom. The first-order chi connectivity index (χ1) is 10.1. The van der Waals surface area contributed by atoms with Crippen LogP contribution in [0.3, 0.4) is 0 Å². The van der Waals surface area contributed by atoms with E-state index in [2.05, 4.69) is 44.0 Å². The van der Waals surface area contributed by atoms with E-state index in [-0.39, 0.29) is 0 Å². The van der Waals surface area contributed by atoms with E-state index in [1.54, 1.807) is 0 Å². The van der Waals surface area contributed by atoms with Crippen LogP contribution in [0.4, 0.5) is 0 Å². The number of benzene rings is 1. The van der Waals surface area contributed by atoms with Crippen LogP contribution in [0.15, 0.2) is 18.2 Å². The number of nitrogens with zero attached hydrogens (tertiary/aromatic N) is 1. The molecule has 2 aliphatic rings. The normalized spacial score (nSPS) is 29.3. The van der Waals surface area contributed by atoms with Gasteiger partial charge in [0.2, 0.25) is 0 Å². The first-order valence-electron chi connectivity index (χ1n) is 8.56. The van der Waals surface area contributed by atoms with Crippen molar-refractivity contribution in [2.45, 2.75) is 45.6 Å². The van der Waals surface area contributed by atoms with Crippen LogP contribution in [-0.4, -0.2) is 25.0 Å². The van der Waals surface area contributed by atoms with Gasteiger partial charge in [-0.3, -0.25) is 4.90 Å². The molecule has 2 N–H and O–H groups in total. The van der Waals surface area contributed by atoms with Crippen LogP contribution >= 0.6 is 0 Å². The minimum atomic E-state index is 0.365. The maximum absolute atomic E-state index is 6.13. The molecule has 4 atom stereocenters. The number of aryl methyl sites for hydroxylation is 1. The Morgan fingerprint density at radius 2 is 2.05 bits per heavy atom. The van der Waals surface area contributed by atoms with Crippen molar-refractivity contribution < 1.29 is 0 Å². The summed E-state index contributed by atoms with van der Waals surface area (Å²) in [6.45, 7) is 6.36. The molecule has 2 nitrogen and oxygen atoms in total. The second-order valence-corrected chi connectivity index (χ2v) is 7.42. The van der Waals surface area contributed by atoms with Crippen molar-refractivity contribution in [3.05, 3.63) is 34.9 Å². The van der Waals surface area contributed by atoms with Gasteiger partial charge in [0, 0.05) is 19.1 Å². The van der Waals surface area contributed by atoms with E-state index in [4.69, 9.17) is 5.73 Å². The standard InChI is InChI=1S/C19H30N2/c1-13-5-4-6-18(14(13)2)19(11-20)21(3)12-17-10-15-7-8-16(17)9-15/h4-6,15-17,19H,7-12,20H2,1-3H3. The van der Waals surface area contributed by atoms with Crippen molar-refractivity contribution in [1.82, 2.24) is 4.90 Å². The first-order valence-corrected chi connectivity index (χ1v) is 8.56. The Kier molecular flexibility index (Phi) is 4.37. The summed E-state index contributed by atoms with van der Waals surface area (Å²) in [5.74, 6) is 2.94. The van der Waals surface area contributed by atoms with Crippen molar-refractivity contribution in [1.29, 1.82) is 0 Å². The summed E-state index contributed by atoms with van der Waals surface area (Å²) < 4.78 is 0. The smallest absolute Gasteiger partial charge is 0.0470 e. The van der Waals surface area contributed by atoms with Crippen molar-refractivity contribution in [2.24, 2.45) is 23.5 Å². The summed E-state index contributed by atoms with van der Waals surface area (Å²) in [6.07, 6.45) is 5.91. The molecule has 2 saturated carbocycles. The maximum atomic E-state index is 6.13. The van der Waals surface area contributed by atoms with E-state index in [0.29, 0.717) is 12.6 Å². The summed E-state index contributed by atoms with van der Waals surface area (Å²) >= 11 is 0. The summed E-state index contributed by atoms with van der Waals surface area (Å²) in [5, 5.41) is 0. The molecule has 1 aromatic rings. The third kappa shape index (κ3) is 2.89. The molecule has 2 aliphatic carbocycles. The van der Waals surface area contributed by atoms with Gasteiger partial charge in [-0.25, -0.2) is 0 Å². The monoisotopic (exact) mass is 286 g/mol. The molecule has 116 valence electrons. The summed E-state index contributed by atoms with van der Waals surface area (Å²) in [6, 6.07) is 6.99. The first kappa shape index (κ1) is 15.1. The Labute approximate surface area is 129 Å². The van der Waals surface area contributed by atoms with Crippen LogP contribution in [0.5, 0.6) is 0 Å². The van der Waals surface area contributed by atoms with Crippen molar-refractivity contribution in [3.8, 4) is 0 Å². The molecule has 0 spiro atoms. The maximum Gasteiger partial charge on any atom is 0.0470 e. The van der Waals surface area contributed by atoms with Crippen LogP contribution in [0.25, 0.3) is 0 Å². The lowest BCUT2D eigenvalue weighted by atomic mass is 9.87. The van der Waals surface area contributed by atoms with Gasteiger partial charge in [0.25, 0.3) is 0 Å². The molecule has 0 amide bonds. The lowest BCUT2D eigenvalue weighted by Crippen LogP contribution is -2.36. The number of hydrogen-bond acceptors (Lipinski definition) is 2. The second kappa shape index (κ2) is 6.10. The highest BCUT2D eigenvalue weighted by Gasteiger charge is 2.40. The Morgan fingerprint density at radius 3 is 2.67 bits per heavy atom. The van der Waals surface area contributed by atoms with Crippen molar-refractivity contribution >= 4 is 0 Å². The highest BCUT2D eigenvalue weighted by Crippen LogP contribution is 2.48. The van der Waals surface area contributed by atoms with Gasteiger partial charge < -0.3 is 5.73 Å². The molecule has 0 heterocycles. The molecule has 0 aliphatic heterocycles. The predicted octanol–water partition coefficient (Wildman–Crippen LogP) is 3.67. The summed E-state index contributed by atoms with van der Waals surface area (Å²) in [5.41, 5.74) is 10.3. The van der Waals surface area contributed by atoms with Gasteiger partial charge in [-0.1, -0.05) is 24.6 Å². The number of fused-ring (bicyclic) bond motifs is 2. The average molecular weight is 286 g/mol. The molecule has 2 heteroatoms.